The Labute approximate surface area is 204 Å². The number of rotatable bonds is 7. The number of nitrogens with one attached hydrogen (secondary N) is 1. The number of benzene rings is 1. The molecular weight excluding hydrogens is 448 g/mol. The number of nitrogens with zero attached hydrogens (tertiary/aromatic N) is 3. The smallest absolute Gasteiger partial charge is 0.234 e. The van der Waals surface area contributed by atoms with Crippen molar-refractivity contribution in [2.75, 3.05) is 45.9 Å². The molecule has 2 unspecified atom stereocenters. The van der Waals surface area contributed by atoms with Gasteiger partial charge in [0.15, 0.2) is 0 Å². The number of para-hydroxylation sites is 1. The highest BCUT2D eigenvalue weighted by molar-refractivity contribution is 7.07. The average molecular weight is 479 g/mol. The fraction of sp³-hybridized carbons (Fsp3) is 0.385. The molecule has 178 valence electrons. The number of pyridine rings is 1. The van der Waals surface area contributed by atoms with Crippen LogP contribution >= 0.6 is 11.3 Å². The van der Waals surface area contributed by atoms with Crippen LogP contribution in [0.15, 0.2) is 65.5 Å². The first kappa shape index (κ1) is 23.0. The molecule has 5 rings (SSSR count). The average Bonchev–Trinajstić information content (AvgIpc) is 3.35. The lowest BCUT2D eigenvalue weighted by Crippen LogP contribution is -2.46. The highest BCUT2D eigenvalue weighted by Crippen LogP contribution is 2.31. The number of hydrogen-bond donors (Lipinski definition) is 1. The zero-order valence-corrected chi connectivity index (χ0v) is 20.0. The summed E-state index contributed by atoms with van der Waals surface area (Å²) >= 11 is 1.66. The first-order chi connectivity index (χ1) is 16.8. The molecule has 0 radical (unpaired) electrons. The monoisotopic (exact) mass is 478 g/mol. The number of hydrogen-bond acceptors (Lipinski definition) is 7. The second kappa shape index (κ2) is 11.1. The van der Waals surface area contributed by atoms with E-state index in [1.165, 1.54) is 0 Å². The topological polar surface area (TPSA) is 66.9 Å². The molecule has 0 saturated carbocycles. The zero-order valence-electron chi connectivity index (χ0n) is 19.1. The van der Waals surface area contributed by atoms with Crippen LogP contribution in [-0.2, 0) is 16.1 Å². The molecule has 2 aliphatic heterocycles. The predicted molar refractivity (Wildman–Crippen MR) is 132 cm³/mol. The minimum Gasteiger partial charge on any atom is -0.484 e. The van der Waals surface area contributed by atoms with Crippen LogP contribution in [0.3, 0.4) is 0 Å². The van der Waals surface area contributed by atoms with Crippen molar-refractivity contribution in [2.24, 2.45) is 0 Å². The lowest BCUT2D eigenvalue weighted by atomic mass is 10.1. The molecule has 1 fully saturated rings. The largest absolute Gasteiger partial charge is 0.484 e. The second-order valence-corrected chi connectivity index (χ2v) is 9.44. The molecule has 1 aromatic carbocycles. The number of carbonyl (C=O) groups is 1. The van der Waals surface area contributed by atoms with Crippen LogP contribution in [0.4, 0.5) is 0 Å². The van der Waals surface area contributed by atoms with Gasteiger partial charge in [0.1, 0.15) is 11.9 Å². The van der Waals surface area contributed by atoms with E-state index in [1.54, 1.807) is 11.3 Å². The van der Waals surface area contributed by atoms with Gasteiger partial charge in [-0.1, -0.05) is 24.3 Å². The highest BCUT2D eigenvalue weighted by Gasteiger charge is 2.27. The van der Waals surface area contributed by atoms with E-state index in [9.17, 15) is 4.79 Å². The summed E-state index contributed by atoms with van der Waals surface area (Å²) in [6.45, 7) is 5.24. The molecule has 0 spiro atoms. The summed E-state index contributed by atoms with van der Waals surface area (Å²) in [4.78, 5) is 22.2. The van der Waals surface area contributed by atoms with Crippen molar-refractivity contribution in [3.05, 3.63) is 82.3 Å². The van der Waals surface area contributed by atoms with E-state index < -0.39 is 0 Å². The Bertz CT molecular complexity index is 1060. The van der Waals surface area contributed by atoms with Crippen molar-refractivity contribution in [2.45, 2.75) is 18.7 Å². The molecule has 1 N–H and O–H groups in total. The maximum atomic E-state index is 13.1. The lowest BCUT2D eigenvalue weighted by molar-refractivity contribution is -0.123. The number of morpholine rings is 1. The van der Waals surface area contributed by atoms with Gasteiger partial charge in [-0.15, -0.1) is 0 Å². The first-order valence-electron chi connectivity index (χ1n) is 11.7. The summed E-state index contributed by atoms with van der Waals surface area (Å²) in [6, 6.07) is 16.2. The number of amides is 1. The maximum absolute atomic E-state index is 13.1. The molecule has 34 heavy (non-hydrogen) atoms. The Morgan fingerprint density at radius 1 is 1.15 bits per heavy atom. The number of fused-ring (bicyclic) bond motifs is 1. The van der Waals surface area contributed by atoms with Crippen molar-refractivity contribution in [1.82, 2.24) is 20.1 Å². The molecule has 0 bridgehead atoms. The fourth-order valence-corrected chi connectivity index (χ4v) is 5.29. The van der Waals surface area contributed by atoms with Crippen LogP contribution in [0.2, 0.25) is 0 Å². The van der Waals surface area contributed by atoms with Crippen molar-refractivity contribution in [3.63, 3.8) is 0 Å². The molecule has 2 atom stereocenters. The molecule has 2 aliphatic rings. The second-order valence-electron chi connectivity index (χ2n) is 8.66. The van der Waals surface area contributed by atoms with E-state index in [0.29, 0.717) is 39.4 Å². The third-order valence-electron chi connectivity index (χ3n) is 6.35. The third kappa shape index (κ3) is 5.64. The third-order valence-corrected chi connectivity index (χ3v) is 7.05. The van der Waals surface area contributed by atoms with Crippen LogP contribution in [0.1, 0.15) is 29.0 Å². The van der Waals surface area contributed by atoms with E-state index in [4.69, 9.17) is 9.47 Å². The molecule has 1 amide bonds. The summed E-state index contributed by atoms with van der Waals surface area (Å²) in [5.41, 5.74) is 3.22. The standard InChI is InChI=1S/C26H30N4O3S/c31-26(28-15-23(22-6-3-4-9-27-22)30-10-12-32-13-11-30)18-29-16-20-5-1-2-7-24(20)33-25(17-29)21-8-14-34-19-21/h1-9,14,19,23,25H,10-13,15-18H2,(H,28,31). The highest BCUT2D eigenvalue weighted by atomic mass is 32.1. The molecular formula is C26H30N4O3S. The van der Waals surface area contributed by atoms with Crippen molar-refractivity contribution in [3.8, 4) is 5.75 Å². The fourth-order valence-electron chi connectivity index (χ4n) is 4.58. The molecule has 0 aliphatic carbocycles. The molecule has 4 heterocycles. The van der Waals surface area contributed by atoms with E-state index >= 15 is 0 Å². The van der Waals surface area contributed by atoms with Crippen LogP contribution in [-0.4, -0.2) is 66.6 Å². The Hall–Kier alpha value is -2.78. The molecule has 1 saturated heterocycles. The van der Waals surface area contributed by atoms with Gasteiger partial charge in [0.05, 0.1) is 31.5 Å². The summed E-state index contributed by atoms with van der Waals surface area (Å²) in [7, 11) is 0. The summed E-state index contributed by atoms with van der Waals surface area (Å²) in [6.07, 6.45) is 1.71. The van der Waals surface area contributed by atoms with Gasteiger partial charge in [-0.3, -0.25) is 19.6 Å². The Morgan fingerprint density at radius 2 is 2.00 bits per heavy atom. The maximum Gasteiger partial charge on any atom is 0.234 e. The number of ether oxygens (including phenoxy) is 2. The zero-order chi connectivity index (χ0) is 23.2. The van der Waals surface area contributed by atoms with Gasteiger partial charge in [-0.2, -0.15) is 11.3 Å². The van der Waals surface area contributed by atoms with Gasteiger partial charge in [0.25, 0.3) is 0 Å². The van der Waals surface area contributed by atoms with Crippen molar-refractivity contribution >= 4 is 17.2 Å². The number of carbonyl (C=O) groups excluding carboxylic acids is 1. The lowest BCUT2D eigenvalue weighted by Gasteiger charge is -2.34. The summed E-state index contributed by atoms with van der Waals surface area (Å²) < 4.78 is 11.9. The van der Waals surface area contributed by atoms with Crippen LogP contribution < -0.4 is 10.1 Å². The van der Waals surface area contributed by atoms with Gasteiger partial charge < -0.3 is 14.8 Å². The van der Waals surface area contributed by atoms with E-state index in [-0.39, 0.29) is 18.1 Å². The van der Waals surface area contributed by atoms with Crippen molar-refractivity contribution < 1.29 is 14.3 Å². The molecule has 7 nitrogen and oxygen atoms in total. The number of thiophene rings is 1. The van der Waals surface area contributed by atoms with E-state index in [0.717, 1.165) is 35.7 Å². The summed E-state index contributed by atoms with van der Waals surface area (Å²) in [5.74, 6) is 0.904. The first-order valence-corrected chi connectivity index (χ1v) is 12.7. The van der Waals surface area contributed by atoms with Gasteiger partial charge in [0.2, 0.25) is 5.91 Å². The van der Waals surface area contributed by atoms with Gasteiger partial charge in [-0.25, -0.2) is 0 Å². The minimum atomic E-state index is -0.0997. The van der Waals surface area contributed by atoms with Gasteiger partial charge >= 0.3 is 0 Å². The molecule has 2 aromatic heterocycles. The summed E-state index contributed by atoms with van der Waals surface area (Å²) in [5, 5.41) is 7.37. The Morgan fingerprint density at radius 3 is 2.79 bits per heavy atom. The van der Waals surface area contributed by atoms with Gasteiger partial charge in [0, 0.05) is 50.0 Å². The Balaban J connectivity index is 1.26. The minimum absolute atomic E-state index is 0.0117. The predicted octanol–water partition coefficient (Wildman–Crippen LogP) is 3.27. The Kier molecular flexibility index (Phi) is 7.50. The van der Waals surface area contributed by atoms with E-state index in [1.807, 2.05) is 42.6 Å². The number of aromatic nitrogens is 1. The SMILES string of the molecule is O=C(CN1Cc2ccccc2OC(c2ccsc2)C1)NCC(c1ccccn1)N1CCOCC1. The van der Waals surface area contributed by atoms with Gasteiger partial charge in [-0.05, 0) is 35.0 Å². The van der Waals surface area contributed by atoms with Crippen molar-refractivity contribution in [1.29, 1.82) is 0 Å². The molecule has 3 aromatic rings. The van der Waals surface area contributed by atoms with Crippen LogP contribution in [0.5, 0.6) is 5.75 Å². The normalized spacial score (nSPS) is 20.1. The van der Waals surface area contributed by atoms with E-state index in [2.05, 4.69) is 43.0 Å². The quantitative estimate of drug-likeness (QED) is 0.562. The van der Waals surface area contributed by atoms with Crippen LogP contribution in [0.25, 0.3) is 0 Å². The van der Waals surface area contributed by atoms with Crippen LogP contribution in [0, 0.1) is 0 Å². The molecule has 8 heteroatoms.